The summed E-state index contributed by atoms with van der Waals surface area (Å²) < 4.78 is 2.69. The summed E-state index contributed by atoms with van der Waals surface area (Å²) in [5, 5.41) is 4.28. The zero-order valence-electron chi connectivity index (χ0n) is 8.03. The van der Waals surface area contributed by atoms with Gasteiger partial charge in [0.05, 0.1) is 10.5 Å². The van der Waals surface area contributed by atoms with Gasteiger partial charge in [0.2, 0.25) is 0 Å². The van der Waals surface area contributed by atoms with Crippen LogP contribution in [0.25, 0.3) is 5.65 Å². The number of pyridine rings is 1. The third-order valence-electron chi connectivity index (χ3n) is 1.95. The second-order valence-corrected chi connectivity index (χ2v) is 4.25. The Morgan fingerprint density at radius 2 is 2.29 bits per heavy atom. The van der Waals surface area contributed by atoms with Crippen LogP contribution in [0.1, 0.15) is 24.4 Å². The lowest BCUT2D eigenvalue weighted by Crippen LogP contribution is -2.07. The van der Waals surface area contributed by atoms with Crippen LogP contribution in [0.5, 0.6) is 0 Å². The highest BCUT2D eigenvalue weighted by Crippen LogP contribution is 2.18. The van der Waals surface area contributed by atoms with Gasteiger partial charge in [-0.05, 0) is 41.4 Å². The lowest BCUT2D eigenvalue weighted by Gasteiger charge is -1.96. The maximum Gasteiger partial charge on any atom is 0.169 e. The number of fused-ring (bicyclic) bond motifs is 1. The van der Waals surface area contributed by atoms with Crippen molar-refractivity contribution in [2.45, 2.75) is 19.9 Å². The number of hydrogen-bond acceptors (Lipinski definition) is 3. The van der Waals surface area contributed by atoms with E-state index in [0.717, 1.165) is 15.7 Å². The van der Waals surface area contributed by atoms with Gasteiger partial charge in [-0.25, -0.2) is 9.50 Å². The number of hydrogen-bond donors (Lipinski definition) is 1. The minimum absolute atomic E-state index is 0.137. The molecule has 4 nitrogen and oxygen atoms in total. The van der Waals surface area contributed by atoms with Gasteiger partial charge in [0, 0.05) is 6.20 Å². The summed E-state index contributed by atoms with van der Waals surface area (Å²) in [4.78, 5) is 4.33. The van der Waals surface area contributed by atoms with Crippen molar-refractivity contribution in [1.82, 2.24) is 14.6 Å². The Labute approximate surface area is 90.3 Å². The van der Waals surface area contributed by atoms with Crippen molar-refractivity contribution in [3.63, 3.8) is 0 Å². The molecule has 0 aromatic carbocycles. The summed E-state index contributed by atoms with van der Waals surface area (Å²) in [6.07, 6.45) is 1.93. The standard InChI is InChI=1S/C9H11BrN4/c1-5-3-7(10)9-12-8(6(2)11)13-14(9)4-5/h3-4,6H,11H2,1-2H3. The van der Waals surface area contributed by atoms with E-state index in [4.69, 9.17) is 5.73 Å². The van der Waals surface area contributed by atoms with E-state index in [1.54, 1.807) is 4.52 Å². The molecule has 0 aliphatic heterocycles. The molecular formula is C9H11BrN4. The van der Waals surface area contributed by atoms with Crippen molar-refractivity contribution in [3.05, 3.63) is 28.1 Å². The molecule has 1 unspecified atom stereocenters. The molecule has 2 N–H and O–H groups in total. The largest absolute Gasteiger partial charge is 0.321 e. The first kappa shape index (κ1) is 9.61. The van der Waals surface area contributed by atoms with Gasteiger partial charge >= 0.3 is 0 Å². The quantitative estimate of drug-likeness (QED) is 0.845. The van der Waals surface area contributed by atoms with E-state index >= 15 is 0 Å². The van der Waals surface area contributed by atoms with Crippen LogP contribution in [-0.4, -0.2) is 14.6 Å². The van der Waals surface area contributed by atoms with E-state index in [1.807, 2.05) is 26.1 Å². The van der Waals surface area contributed by atoms with Gasteiger partial charge in [0.15, 0.2) is 11.5 Å². The molecule has 0 saturated heterocycles. The summed E-state index contributed by atoms with van der Waals surface area (Å²) in [5.41, 5.74) is 7.65. The fourth-order valence-electron chi connectivity index (χ4n) is 1.28. The van der Waals surface area contributed by atoms with Gasteiger partial charge < -0.3 is 5.73 Å². The van der Waals surface area contributed by atoms with E-state index in [-0.39, 0.29) is 6.04 Å². The molecule has 0 amide bonds. The van der Waals surface area contributed by atoms with Crippen molar-refractivity contribution < 1.29 is 0 Å². The summed E-state index contributed by atoms with van der Waals surface area (Å²) in [7, 11) is 0. The first-order chi connectivity index (χ1) is 6.58. The second-order valence-electron chi connectivity index (χ2n) is 3.39. The molecule has 0 radical (unpaired) electrons. The van der Waals surface area contributed by atoms with Crippen molar-refractivity contribution >= 4 is 21.6 Å². The van der Waals surface area contributed by atoms with E-state index < -0.39 is 0 Å². The van der Waals surface area contributed by atoms with Crippen LogP contribution < -0.4 is 5.73 Å². The Morgan fingerprint density at radius 3 is 2.93 bits per heavy atom. The third kappa shape index (κ3) is 1.53. The average molecular weight is 255 g/mol. The zero-order valence-corrected chi connectivity index (χ0v) is 9.62. The first-order valence-corrected chi connectivity index (χ1v) is 5.15. The maximum atomic E-state index is 5.71. The Kier molecular flexibility index (Phi) is 2.28. The first-order valence-electron chi connectivity index (χ1n) is 4.36. The Hall–Kier alpha value is -0.940. The van der Waals surface area contributed by atoms with Crippen LogP contribution in [0.2, 0.25) is 0 Å². The molecular weight excluding hydrogens is 244 g/mol. The van der Waals surface area contributed by atoms with Crippen molar-refractivity contribution in [1.29, 1.82) is 0 Å². The topological polar surface area (TPSA) is 56.2 Å². The van der Waals surface area contributed by atoms with Crippen molar-refractivity contribution in [3.8, 4) is 0 Å². The fraction of sp³-hybridized carbons (Fsp3) is 0.333. The van der Waals surface area contributed by atoms with E-state index in [1.165, 1.54) is 0 Å². The summed E-state index contributed by atoms with van der Waals surface area (Å²) in [6.45, 7) is 3.88. The molecule has 0 aliphatic rings. The van der Waals surface area contributed by atoms with Gasteiger partial charge in [0.1, 0.15) is 0 Å². The highest BCUT2D eigenvalue weighted by Gasteiger charge is 2.09. The number of aryl methyl sites for hydroxylation is 1. The van der Waals surface area contributed by atoms with Gasteiger partial charge in [-0.2, -0.15) is 0 Å². The maximum absolute atomic E-state index is 5.71. The van der Waals surface area contributed by atoms with Gasteiger partial charge in [-0.15, -0.1) is 5.10 Å². The van der Waals surface area contributed by atoms with E-state index in [0.29, 0.717) is 5.82 Å². The minimum atomic E-state index is -0.137. The second kappa shape index (κ2) is 3.33. The minimum Gasteiger partial charge on any atom is -0.321 e. The predicted octanol–water partition coefficient (Wildman–Crippen LogP) is 1.82. The van der Waals surface area contributed by atoms with E-state index in [2.05, 4.69) is 26.0 Å². The van der Waals surface area contributed by atoms with Crippen LogP contribution in [0.4, 0.5) is 0 Å². The normalized spacial score (nSPS) is 13.4. The molecule has 0 bridgehead atoms. The lowest BCUT2D eigenvalue weighted by atomic mass is 10.3. The SMILES string of the molecule is Cc1cc(Br)c2nc(C(C)N)nn2c1. The molecule has 0 aliphatic carbocycles. The van der Waals surface area contributed by atoms with Crippen molar-refractivity contribution in [2.75, 3.05) is 0 Å². The molecule has 2 rings (SSSR count). The molecule has 2 aromatic rings. The molecule has 74 valence electrons. The van der Waals surface area contributed by atoms with E-state index in [9.17, 15) is 0 Å². The monoisotopic (exact) mass is 254 g/mol. The van der Waals surface area contributed by atoms with Gasteiger partial charge in [-0.3, -0.25) is 0 Å². The molecule has 1 atom stereocenters. The molecule has 2 aromatic heterocycles. The summed E-state index contributed by atoms with van der Waals surface area (Å²) >= 11 is 3.45. The van der Waals surface area contributed by atoms with Crippen LogP contribution >= 0.6 is 15.9 Å². The number of halogens is 1. The van der Waals surface area contributed by atoms with Crippen LogP contribution in [0, 0.1) is 6.92 Å². The zero-order chi connectivity index (χ0) is 10.3. The number of aromatic nitrogens is 3. The van der Waals surface area contributed by atoms with Crippen LogP contribution in [-0.2, 0) is 0 Å². The lowest BCUT2D eigenvalue weighted by molar-refractivity contribution is 0.733. The highest BCUT2D eigenvalue weighted by atomic mass is 79.9. The highest BCUT2D eigenvalue weighted by molar-refractivity contribution is 9.10. The number of rotatable bonds is 1. The Bertz CT molecular complexity index is 475. The molecule has 14 heavy (non-hydrogen) atoms. The Morgan fingerprint density at radius 1 is 1.57 bits per heavy atom. The molecule has 5 heteroatoms. The summed E-state index contributed by atoms with van der Waals surface area (Å²) in [6, 6.07) is 1.87. The number of nitrogens with zero attached hydrogens (tertiary/aromatic N) is 3. The molecule has 0 saturated carbocycles. The third-order valence-corrected chi connectivity index (χ3v) is 2.53. The molecule has 0 fully saturated rings. The van der Waals surface area contributed by atoms with Gasteiger partial charge in [0.25, 0.3) is 0 Å². The smallest absolute Gasteiger partial charge is 0.169 e. The van der Waals surface area contributed by atoms with Crippen LogP contribution in [0.15, 0.2) is 16.7 Å². The molecule has 2 heterocycles. The van der Waals surface area contributed by atoms with Gasteiger partial charge in [-0.1, -0.05) is 0 Å². The average Bonchev–Trinajstić information content (AvgIpc) is 2.47. The fourth-order valence-corrected chi connectivity index (χ4v) is 1.91. The molecule has 0 spiro atoms. The predicted molar refractivity (Wildman–Crippen MR) is 58.0 cm³/mol. The Balaban J connectivity index is 2.70. The number of nitrogens with two attached hydrogens (primary N) is 1. The summed E-state index contributed by atoms with van der Waals surface area (Å²) in [5.74, 6) is 0.663. The van der Waals surface area contributed by atoms with Crippen molar-refractivity contribution in [2.24, 2.45) is 5.73 Å². The van der Waals surface area contributed by atoms with Crippen LogP contribution in [0.3, 0.4) is 0 Å².